The normalized spacial score (nSPS) is 10.9. The lowest BCUT2D eigenvalue weighted by atomic mass is 10.2. The number of benzene rings is 1. The highest BCUT2D eigenvalue weighted by atomic mass is 32.1. The summed E-state index contributed by atoms with van der Waals surface area (Å²) in [5.74, 6) is 1.19. The maximum atomic E-state index is 12.4. The minimum atomic E-state index is -0.117. The second kappa shape index (κ2) is 9.33. The van der Waals surface area contributed by atoms with Gasteiger partial charge in [0.25, 0.3) is 5.91 Å². The molecule has 0 saturated carbocycles. The van der Waals surface area contributed by atoms with E-state index in [0.717, 1.165) is 37.2 Å². The Morgan fingerprint density at radius 2 is 1.92 bits per heavy atom. The zero-order valence-corrected chi connectivity index (χ0v) is 15.7. The third-order valence-electron chi connectivity index (χ3n) is 3.70. The molecule has 0 fully saturated rings. The van der Waals surface area contributed by atoms with Gasteiger partial charge < -0.3 is 4.74 Å². The lowest BCUT2D eigenvalue weighted by Crippen LogP contribution is -2.37. The lowest BCUT2D eigenvalue weighted by Gasteiger charge is -2.20. The summed E-state index contributed by atoms with van der Waals surface area (Å²) in [6, 6.07) is 7.41. The van der Waals surface area contributed by atoms with Crippen molar-refractivity contribution in [2.45, 2.75) is 26.7 Å². The van der Waals surface area contributed by atoms with Crippen LogP contribution in [0.2, 0.25) is 0 Å². The number of H-pyrrole nitrogens is 1. The van der Waals surface area contributed by atoms with Crippen LogP contribution in [0.25, 0.3) is 11.4 Å². The molecule has 25 heavy (non-hydrogen) atoms. The molecule has 0 spiro atoms. The number of aromatic amines is 1. The Kier molecular flexibility index (Phi) is 7.15. The van der Waals surface area contributed by atoms with Crippen LogP contribution in [-0.2, 0) is 4.79 Å². The van der Waals surface area contributed by atoms with E-state index in [0.29, 0.717) is 17.1 Å². The summed E-state index contributed by atoms with van der Waals surface area (Å²) in [7, 11) is 1.61. The van der Waals surface area contributed by atoms with E-state index >= 15 is 0 Å². The van der Waals surface area contributed by atoms with Crippen molar-refractivity contribution < 1.29 is 9.53 Å². The van der Waals surface area contributed by atoms with E-state index in [9.17, 15) is 4.79 Å². The fourth-order valence-electron chi connectivity index (χ4n) is 2.60. The van der Waals surface area contributed by atoms with Gasteiger partial charge in [0, 0.05) is 5.56 Å². The van der Waals surface area contributed by atoms with E-state index in [-0.39, 0.29) is 5.91 Å². The van der Waals surface area contributed by atoms with E-state index < -0.39 is 0 Å². The molecule has 2 rings (SSSR count). The number of nitrogens with zero attached hydrogens (tertiary/aromatic N) is 3. The van der Waals surface area contributed by atoms with Gasteiger partial charge in [0.2, 0.25) is 4.77 Å². The minimum absolute atomic E-state index is 0.117. The average Bonchev–Trinajstić information content (AvgIpc) is 2.96. The van der Waals surface area contributed by atoms with Crippen LogP contribution in [0.5, 0.6) is 5.75 Å². The number of methoxy groups -OCH3 is 1. The molecule has 0 saturated heterocycles. The molecular formula is C17H25N5O2S. The van der Waals surface area contributed by atoms with Gasteiger partial charge in [-0.15, -0.1) is 0 Å². The monoisotopic (exact) mass is 363 g/mol. The smallest absolute Gasteiger partial charge is 0.253 e. The summed E-state index contributed by atoms with van der Waals surface area (Å²) >= 11 is 5.25. The van der Waals surface area contributed by atoms with Crippen LogP contribution in [0.1, 0.15) is 26.7 Å². The largest absolute Gasteiger partial charge is 0.497 e. The van der Waals surface area contributed by atoms with Crippen molar-refractivity contribution in [2.24, 2.45) is 0 Å². The molecule has 1 aromatic heterocycles. The summed E-state index contributed by atoms with van der Waals surface area (Å²) in [5, 5.41) is 6.95. The number of ether oxygens (including phenoxy) is 1. The van der Waals surface area contributed by atoms with Gasteiger partial charge in [0.1, 0.15) is 5.75 Å². The van der Waals surface area contributed by atoms with Gasteiger partial charge in [-0.05, 0) is 62.4 Å². The van der Waals surface area contributed by atoms with Gasteiger partial charge >= 0.3 is 0 Å². The predicted octanol–water partition coefficient (Wildman–Crippen LogP) is 2.81. The quantitative estimate of drug-likeness (QED) is 0.670. The second-order valence-electron chi connectivity index (χ2n) is 5.73. The van der Waals surface area contributed by atoms with Crippen molar-refractivity contribution in [1.82, 2.24) is 19.8 Å². The van der Waals surface area contributed by atoms with Crippen molar-refractivity contribution >= 4 is 18.1 Å². The molecule has 2 aromatic rings. The number of aromatic nitrogens is 3. The molecule has 0 radical (unpaired) electrons. The summed E-state index contributed by atoms with van der Waals surface area (Å²) in [4.78, 5) is 14.6. The predicted molar refractivity (Wildman–Crippen MR) is 101 cm³/mol. The van der Waals surface area contributed by atoms with E-state index in [1.165, 1.54) is 4.68 Å². The molecule has 136 valence electrons. The molecular weight excluding hydrogens is 338 g/mol. The first-order chi connectivity index (χ1) is 12.1. The van der Waals surface area contributed by atoms with Crippen molar-refractivity contribution in [3.63, 3.8) is 0 Å². The van der Waals surface area contributed by atoms with Crippen LogP contribution in [0.3, 0.4) is 0 Å². The van der Waals surface area contributed by atoms with Crippen molar-refractivity contribution in [3.8, 4) is 17.1 Å². The Morgan fingerprint density at radius 3 is 2.48 bits per heavy atom. The van der Waals surface area contributed by atoms with Gasteiger partial charge in [0.05, 0.1) is 13.7 Å². The summed E-state index contributed by atoms with van der Waals surface area (Å²) in [5.41, 5.74) is 3.67. The van der Waals surface area contributed by atoms with Gasteiger partial charge in [0.15, 0.2) is 5.82 Å². The SMILES string of the molecule is CCCN(CCC)CC(=O)Nn1c(-c2ccc(OC)cc2)n[nH]c1=S. The number of amides is 1. The van der Waals surface area contributed by atoms with Gasteiger partial charge in [-0.3, -0.25) is 15.1 Å². The molecule has 1 aromatic carbocycles. The van der Waals surface area contributed by atoms with E-state index in [2.05, 4.69) is 34.4 Å². The number of carbonyl (C=O) groups is 1. The van der Waals surface area contributed by atoms with Crippen LogP contribution in [0.15, 0.2) is 24.3 Å². The van der Waals surface area contributed by atoms with Crippen LogP contribution in [0.4, 0.5) is 0 Å². The number of hydrogen-bond donors (Lipinski definition) is 2. The Morgan fingerprint density at radius 1 is 1.28 bits per heavy atom. The van der Waals surface area contributed by atoms with Crippen LogP contribution in [-0.4, -0.2) is 52.4 Å². The minimum Gasteiger partial charge on any atom is -0.497 e. The number of rotatable bonds is 9. The summed E-state index contributed by atoms with van der Waals surface area (Å²) < 4.78 is 7.02. The highest BCUT2D eigenvalue weighted by molar-refractivity contribution is 7.71. The van der Waals surface area contributed by atoms with E-state index in [1.54, 1.807) is 7.11 Å². The molecule has 0 aliphatic rings. The fourth-order valence-corrected chi connectivity index (χ4v) is 2.78. The van der Waals surface area contributed by atoms with Crippen LogP contribution < -0.4 is 10.2 Å². The highest BCUT2D eigenvalue weighted by Gasteiger charge is 2.14. The Labute approximate surface area is 153 Å². The number of carbonyl (C=O) groups excluding carboxylic acids is 1. The molecule has 0 aliphatic heterocycles. The third-order valence-corrected chi connectivity index (χ3v) is 3.98. The lowest BCUT2D eigenvalue weighted by molar-refractivity contribution is -0.118. The first kappa shape index (κ1) is 19.1. The Balaban J connectivity index is 2.15. The Hall–Kier alpha value is -2.19. The fraction of sp³-hybridized carbons (Fsp3) is 0.471. The second-order valence-corrected chi connectivity index (χ2v) is 6.11. The average molecular weight is 363 g/mol. The molecule has 1 amide bonds. The molecule has 0 aliphatic carbocycles. The highest BCUT2D eigenvalue weighted by Crippen LogP contribution is 2.20. The molecule has 0 atom stereocenters. The van der Waals surface area contributed by atoms with Crippen LogP contribution in [0, 0.1) is 4.77 Å². The molecule has 1 heterocycles. The molecule has 0 unspecified atom stereocenters. The van der Waals surface area contributed by atoms with Gasteiger partial charge in [-0.1, -0.05) is 13.8 Å². The maximum absolute atomic E-state index is 12.4. The first-order valence-electron chi connectivity index (χ1n) is 8.43. The van der Waals surface area contributed by atoms with Crippen LogP contribution >= 0.6 is 12.2 Å². The number of hydrogen-bond acceptors (Lipinski definition) is 5. The third kappa shape index (κ3) is 5.14. The topological polar surface area (TPSA) is 75.2 Å². The first-order valence-corrected chi connectivity index (χ1v) is 8.83. The summed E-state index contributed by atoms with van der Waals surface area (Å²) in [6.07, 6.45) is 2.02. The van der Waals surface area contributed by atoms with E-state index in [1.807, 2.05) is 24.3 Å². The zero-order valence-electron chi connectivity index (χ0n) is 14.9. The van der Waals surface area contributed by atoms with Gasteiger partial charge in [-0.25, -0.2) is 9.77 Å². The van der Waals surface area contributed by atoms with Crippen molar-refractivity contribution in [1.29, 1.82) is 0 Å². The molecule has 7 nitrogen and oxygen atoms in total. The number of nitrogens with one attached hydrogen (secondary N) is 2. The standard InChI is InChI=1S/C17H25N5O2S/c1-4-10-21(11-5-2)12-15(23)20-22-16(18-19-17(22)25)13-6-8-14(24-3)9-7-13/h6-9H,4-5,10-12H2,1-3H3,(H,19,25)(H,20,23). The van der Waals surface area contributed by atoms with Gasteiger partial charge in [-0.2, -0.15) is 5.10 Å². The Bertz CT molecular complexity index is 732. The molecule has 0 bridgehead atoms. The summed E-state index contributed by atoms with van der Waals surface area (Å²) in [6.45, 7) is 6.33. The van der Waals surface area contributed by atoms with Crippen molar-refractivity contribution in [2.75, 3.05) is 32.2 Å². The van der Waals surface area contributed by atoms with E-state index in [4.69, 9.17) is 17.0 Å². The molecule has 2 N–H and O–H groups in total. The maximum Gasteiger partial charge on any atom is 0.253 e. The van der Waals surface area contributed by atoms with Crippen molar-refractivity contribution in [3.05, 3.63) is 29.0 Å². The zero-order chi connectivity index (χ0) is 18.2. The molecule has 8 heteroatoms.